The normalized spacial score (nSPS) is 11.7. The summed E-state index contributed by atoms with van der Waals surface area (Å²) >= 11 is 0. The van der Waals surface area contributed by atoms with Gasteiger partial charge in [-0.3, -0.25) is 4.79 Å². The summed E-state index contributed by atoms with van der Waals surface area (Å²) in [5.74, 6) is -0.249. The molecular weight excluding hydrogens is 342 g/mol. The average molecular weight is 360 g/mol. The van der Waals surface area contributed by atoms with Crippen molar-refractivity contribution in [3.63, 3.8) is 0 Å². The molecule has 0 heterocycles. The van der Waals surface area contributed by atoms with Crippen LogP contribution in [0.2, 0.25) is 0 Å². The van der Waals surface area contributed by atoms with Crippen LogP contribution in [0, 0.1) is 17.2 Å². The number of hydrogen-bond donors (Lipinski definition) is 1. The largest absolute Gasteiger partial charge is 0.479 e. The SMILES string of the molecule is CC(C)C(Oc1ccccc1C#N)C(=O)Nc1ccc(OC(F)F)cc1. The molecule has 0 saturated carbocycles. The molecule has 0 fully saturated rings. The van der Waals surface area contributed by atoms with E-state index in [9.17, 15) is 13.6 Å². The van der Waals surface area contributed by atoms with Crippen LogP contribution in [0.5, 0.6) is 11.5 Å². The van der Waals surface area contributed by atoms with Crippen LogP contribution >= 0.6 is 0 Å². The van der Waals surface area contributed by atoms with E-state index in [0.29, 0.717) is 17.0 Å². The van der Waals surface area contributed by atoms with Crippen LogP contribution in [0.15, 0.2) is 48.5 Å². The lowest BCUT2D eigenvalue weighted by molar-refractivity contribution is -0.124. The molecular formula is C19H18F2N2O3. The molecule has 136 valence electrons. The molecule has 0 aliphatic heterocycles. The third-order valence-corrected chi connectivity index (χ3v) is 3.47. The number of rotatable bonds is 7. The molecule has 0 aliphatic carbocycles. The number of carbonyl (C=O) groups is 1. The van der Waals surface area contributed by atoms with Crippen LogP contribution in [-0.2, 0) is 4.79 Å². The molecule has 26 heavy (non-hydrogen) atoms. The Hall–Kier alpha value is -3.14. The highest BCUT2D eigenvalue weighted by atomic mass is 19.3. The summed E-state index contributed by atoms with van der Waals surface area (Å²) in [6.45, 7) is 0.729. The number of nitriles is 1. The number of alkyl halides is 2. The molecule has 0 aromatic heterocycles. The number of halogens is 2. The second kappa shape index (κ2) is 8.81. The zero-order valence-electron chi connectivity index (χ0n) is 14.3. The summed E-state index contributed by atoms with van der Waals surface area (Å²) in [7, 11) is 0. The lowest BCUT2D eigenvalue weighted by Crippen LogP contribution is -2.37. The Bertz CT molecular complexity index is 786. The van der Waals surface area contributed by atoms with Gasteiger partial charge in [0.2, 0.25) is 0 Å². The number of para-hydroxylation sites is 1. The van der Waals surface area contributed by atoms with Gasteiger partial charge in [-0.1, -0.05) is 26.0 Å². The van der Waals surface area contributed by atoms with Crippen LogP contribution in [0.25, 0.3) is 0 Å². The molecule has 1 N–H and O–H groups in total. The van der Waals surface area contributed by atoms with Crippen molar-refractivity contribution in [1.29, 1.82) is 5.26 Å². The van der Waals surface area contributed by atoms with Crippen molar-refractivity contribution in [2.75, 3.05) is 5.32 Å². The monoisotopic (exact) mass is 360 g/mol. The fourth-order valence-corrected chi connectivity index (χ4v) is 2.22. The minimum absolute atomic E-state index is 0.00222. The van der Waals surface area contributed by atoms with Gasteiger partial charge in [-0.15, -0.1) is 0 Å². The molecule has 1 atom stereocenters. The van der Waals surface area contributed by atoms with E-state index in [1.807, 2.05) is 19.9 Å². The summed E-state index contributed by atoms with van der Waals surface area (Å²) in [6.07, 6.45) is -0.832. The van der Waals surface area contributed by atoms with Gasteiger partial charge in [0, 0.05) is 5.69 Å². The molecule has 0 saturated heterocycles. The zero-order chi connectivity index (χ0) is 19.1. The second-order valence-electron chi connectivity index (χ2n) is 5.78. The van der Waals surface area contributed by atoms with Crippen molar-refractivity contribution >= 4 is 11.6 Å². The van der Waals surface area contributed by atoms with E-state index in [1.165, 1.54) is 24.3 Å². The highest BCUT2D eigenvalue weighted by Gasteiger charge is 2.25. The lowest BCUT2D eigenvalue weighted by Gasteiger charge is -2.22. The Morgan fingerprint density at radius 2 is 1.73 bits per heavy atom. The van der Waals surface area contributed by atoms with Crippen molar-refractivity contribution in [2.45, 2.75) is 26.6 Å². The Balaban J connectivity index is 2.10. The molecule has 2 aromatic carbocycles. The molecule has 2 aromatic rings. The molecule has 0 bridgehead atoms. The summed E-state index contributed by atoms with van der Waals surface area (Å²) in [5.41, 5.74) is 0.749. The van der Waals surface area contributed by atoms with Crippen molar-refractivity contribution in [1.82, 2.24) is 0 Å². The minimum atomic E-state index is -2.91. The van der Waals surface area contributed by atoms with E-state index in [-0.39, 0.29) is 11.7 Å². The van der Waals surface area contributed by atoms with Gasteiger partial charge >= 0.3 is 6.61 Å². The molecule has 0 radical (unpaired) electrons. The Labute approximate surface area is 150 Å². The third kappa shape index (κ3) is 5.18. The Morgan fingerprint density at radius 3 is 2.31 bits per heavy atom. The second-order valence-corrected chi connectivity index (χ2v) is 5.78. The van der Waals surface area contributed by atoms with Gasteiger partial charge < -0.3 is 14.8 Å². The van der Waals surface area contributed by atoms with Crippen molar-refractivity contribution in [3.8, 4) is 17.6 Å². The lowest BCUT2D eigenvalue weighted by atomic mass is 10.1. The fraction of sp³-hybridized carbons (Fsp3) is 0.263. The first kappa shape index (κ1) is 19.2. The van der Waals surface area contributed by atoms with E-state index in [2.05, 4.69) is 10.1 Å². The highest BCUT2D eigenvalue weighted by molar-refractivity contribution is 5.94. The van der Waals surface area contributed by atoms with Gasteiger partial charge in [0.25, 0.3) is 5.91 Å². The highest BCUT2D eigenvalue weighted by Crippen LogP contribution is 2.22. The molecule has 0 aliphatic rings. The number of nitrogens with one attached hydrogen (secondary N) is 1. The van der Waals surface area contributed by atoms with Crippen LogP contribution in [0.1, 0.15) is 19.4 Å². The van der Waals surface area contributed by atoms with E-state index in [0.717, 1.165) is 0 Å². The van der Waals surface area contributed by atoms with Gasteiger partial charge in [-0.2, -0.15) is 14.0 Å². The first-order valence-electron chi connectivity index (χ1n) is 7.92. The first-order valence-corrected chi connectivity index (χ1v) is 7.92. The number of nitrogens with zero attached hydrogens (tertiary/aromatic N) is 1. The van der Waals surface area contributed by atoms with Gasteiger partial charge in [-0.05, 0) is 42.3 Å². The average Bonchev–Trinajstić information content (AvgIpc) is 2.60. The van der Waals surface area contributed by atoms with Crippen LogP contribution in [-0.4, -0.2) is 18.6 Å². The Kier molecular flexibility index (Phi) is 6.50. The number of benzene rings is 2. The maximum Gasteiger partial charge on any atom is 0.387 e. The summed E-state index contributed by atoms with van der Waals surface area (Å²) in [4.78, 5) is 12.6. The van der Waals surface area contributed by atoms with Crippen molar-refractivity contribution in [3.05, 3.63) is 54.1 Å². The smallest absolute Gasteiger partial charge is 0.387 e. The summed E-state index contributed by atoms with van der Waals surface area (Å²) < 4.78 is 34.3. The standard InChI is InChI=1S/C19H18F2N2O3/c1-12(2)17(26-16-6-4-3-5-13(16)11-22)18(24)23-14-7-9-15(10-8-14)25-19(20)21/h3-10,12,17,19H,1-2H3,(H,23,24). The zero-order valence-corrected chi connectivity index (χ0v) is 14.3. The number of carbonyl (C=O) groups excluding carboxylic acids is 1. The third-order valence-electron chi connectivity index (χ3n) is 3.47. The predicted octanol–water partition coefficient (Wildman–Crippen LogP) is 4.20. The Morgan fingerprint density at radius 1 is 1.08 bits per heavy atom. The quantitative estimate of drug-likeness (QED) is 0.803. The van der Waals surface area contributed by atoms with Crippen LogP contribution < -0.4 is 14.8 Å². The van der Waals surface area contributed by atoms with Crippen LogP contribution in [0.3, 0.4) is 0 Å². The summed E-state index contributed by atoms with van der Waals surface area (Å²) in [5, 5.41) is 11.8. The first-order chi connectivity index (χ1) is 12.4. The molecule has 1 unspecified atom stereocenters. The number of ether oxygens (including phenoxy) is 2. The maximum atomic E-state index is 12.6. The predicted molar refractivity (Wildman–Crippen MR) is 92.1 cm³/mol. The van der Waals surface area contributed by atoms with E-state index < -0.39 is 18.6 Å². The van der Waals surface area contributed by atoms with Gasteiger partial charge in [0.05, 0.1) is 5.56 Å². The van der Waals surface area contributed by atoms with E-state index in [4.69, 9.17) is 10.00 Å². The van der Waals surface area contributed by atoms with E-state index in [1.54, 1.807) is 24.3 Å². The molecule has 2 rings (SSSR count). The van der Waals surface area contributed by atoms with Gasteiger partial charge in [0.15, 0.2) is 6.10 Å². The molecule has 7 heteroatoms. The minimum Gasteiger partial charge on any atom is -0.479 e. The van der Waals surface area contributed by atoms with Crippen molar-refractivity contribution < 1.29 is 23.0 Å². The van der Waals surface area contributed by atoms with E-state index >= 15 is 0 Å². The summed E-state index contributed by atoms with van der Waals surface area (Å²) in [6, 6.07) is 14.2. The van der Waals surface area contributed by atoms with Crippen molar-refractivity contribution in [2.24, 2.45) is 5.92 Å². The fourth-order valence-electron chi connectivity index (χ4n) is 2.22. The maximum absolute atomic E-state index is 12.6. The number of amides is 1. The number of hydrogen-bond acceptors (Lipinski definition) is 4. The molecule has 5 nitrogen and oxygen atoms in total. The van der Waals surface area contributed by atoms with Crippen LogP contribution in [0.4, 0.5) is 14.5 Å². The van der Waals surface area contributed by atoms with Gasteiger partial charge in [0.1, 0.15) is 17.6 Å². The number of anilines is 1. The van der Waals surface area contributed by atoms with Gasteiger partial charge in [-0.25, -0.2) is 0 Å². The molecule has 1 amide bonds. The topological polar surface area (TPSA) is 71.3 Å². The molecule has 0 spiro atoms.